The van der Waals surface area contributed by atoms with Crippen molar-refractivity contribution in [2.75, 3.05) is 5.06 Å². The summed E-state index contributed by atoms with van der Waals surface area (Å²) in [5, 5.41) is 4.33. The molecule has 0 N–H and O–H groups in total. The molecule has 0 aromatic heterocycles. The van der Waals surface area contributed by atoms with Crippen molar-refractivity contribution in [3.05, 3.63) is 114 Å². The molecule has 2 aliphatic rings. The summed E-state index contributed by atoms with van der Waals surface area (Å²) in [5.74, 6) is -0.949. The topological polar surface area (TPSA) is 21.7 Å². The van der Waals surface area contributed by atoms with Gasteiger partial charge >= 0.3 is 0 Å². The second kappa shape index (κ2) is 5.43. The van der Waals surface area contributed by atoms with Gasteiger partial charge in [0.1, 0.15) is 0 Å². The lowest BCUT2D eigenvalue weighted by Crippen LogP contribution is -2.31. The molecule has 1 saturated heterocycles. The molecule has 6 rings (SSSR count). The van der Waals surface area contributed by atoms with Crippen molar-refractivity contribution in [2.24, 2.45) is 0 Å². The highest BCUT2D eigenvalue weighted by Crippen LogP contribution is 2.55. The monoisotopic (exact) mass is 351 g/mol. The highest BCUT2D eigenvalue weighted by molar-refractivity contribution is 5.91. The maximum absolute atomic E-state index is 6.66. The first-order valence-corrected chi connectivity index (χ1v) is 9.16. The number of para-hydroxylation sites is 1. The van der Waals surface area contributed by atoms with Crippen LogP contribution < -0.4 is 5.06 Å². The number of rotatable bonds is 2. The third kappa shape index (κ3) is 1.98. The second-order valence-corrected chi connectivity index (χ2v) is 6.96. The van der Waals surface area contributed by atoms with Crippen LogP contribution in [0.2, 0.25) is 0 Å². The second-order valence-electron chi connectivity index (χ2n) is 6.96. The van der Waals surface area contributed by atoms with Gasteiger partial charge in [-0.1, -0.05) is 84.9 Å². The van der Waals surface area contributed by atoms with Gasteiger partial charge in [-0.25, -0.2) is 9.90 Å². The molecule has 2 unspecified atom stereocenters. The summed E-state index contributed by atoms with van der Waals surface area (Å²) in [5.41, 5.74) is 4.16. The molecular formula is C24H17NO2. The van der Waals surface area contributed by atoms with Crippen molar-refractivity contribution < 1.29 is 9.57 Å². The van der Waals surface area contributed by atoms with E-state index < -0.39 is 5.79 Å². The third-order valence-corrected chi connectivity index (χ3v) is 5.44. The summed E-state index contributed by atoms with van der Waals surface area (Å²) < 4.78 is 6.66. The normalized spacial score (nSPS) is 23.0. The van der Waals surface area contributed by atoms with E-state index in [0.29, 0.717) is 0 Å². The molecular weight excluding hydrogens is 334 g/mol. The third-order valence-electron chi connectivity index (χ3n) is 5.44. The minimum atomic E-state index is -0.949. The molecule has 4 aromatic rings. The quantitative estimate of drug-likeness (QED) is 0.474. The van der Waals surface area contributed by atoms with Gasteiger partial charge < -0.3 is 4.74 Å². The van der Waals surface area contributed by atoms with Crippen molar-refractivity contribution in [1.29, 1.82) is 0 Å². The van der Waals surface area contributed by atoms with Crippen molar-refractivity contribution in [3.63, 3.8) is 0 Å². The Hall–Kier alpha value is -3.14. The van der Waals surface area contributed by atoms with Crippen molar-refractivity contribution in [2.45, 2.75) is 12.0 Å². The molecule has 3 heteroatoms. The van der Waals surface area contributed by atoms with Crippen LogP contribution in [0.5, 0.6) is 0 Å². The van der Waals surface area contributed by atoms with Crippen molar-refractivity contribution in [1.82, 2.24) is 0 Å². The SMILES string of the molecule is c1ccc(N2OC3(c4ccccc4)OC2c2cccc4cccc3c24)cc1. The Morgan fingerprint density at radius 1 is 0.704 bits per heavy atom. The molecule has 130 valence electrons. The fourth-order valence-electron chi connectivity index (χ4n) is 4.26. The zero-order valence-electron chi connectivity index (χ0n) is 14.6. The van der Waals surface area contributed by atoms with Gasteiger partial charge in [-0.2, -0.15) is 0 Å². The van der Waals surface area contributed by atoms with E-state index in [4.69, 9.17) is 9.57 Å². The number of ether oxygens (including phenoxy) is 1. The molecule has 0 aliphatic carbocycles. The van der Waals surface area contributed by atoms with Crippen LogP contribution in [-0.2, 0) is 15.4 Å². The van der Waals surface area contributed by atoms with E-state index in [1.165, 1.54) is 10.8 Å². The molecule has 3 nitrogen and oxygen atoms in total. The Labute approximate surface area is 157 Å². The Bertz CT molecular complexity index is 1140. The highest BCUT2D eigenvalue weighted by atomic mass is 16.9. The van der Waals surface area contributed by atoms with Crippen molar-refractivity contribution >= 4 is 16.5 Å². The average molecular weight is 351 g/mol. The Kier molecular flexibility index (Phi) is 3.01. The van der Waals surface area contributed by atoms with Crippen LogP contribution >= 0.6 is 0 Å². The number of fused-ring (bicyclic) bond motifs is 4. The van der Waals surface area contributed by atoms with E-state index in [1.54, 1.807) is 0 Å². The molecule has 0 saturated carbocycles. The van der Waals surface area contributed by atoms with Crippen LogP contribution in [0.4, 0.5) is 5.69 Å². The first kappa shape index (κ1) is 15.0. The van der Waals surface area contributed by atoms with E-state index >= 15 is 0 Å². The van der Waals surface area contributed by atoms with E-state index in [1.807, 2.05) is 53.6 Å². The zero-order valence-corrected chi connectivity index (χ0v) is 14.6. The number of hydrogen-bond donors (Lipinski definition) is 0. The van der Waals surface area contributed by atoms with Crippen LogP contribution in [0, 0.1) is 0 Å². The molecule has 0 amide bonds. The van der Waals surface area contributed by atoms with Crippen LogP contribution in [0.3, 0.4) is 0 Å². The lowest BCUT2D eigenvalue weighted by Gasteiger charge is -2.31. The minimum Gasteiger partial charge on any atom is -0.310 e. The number of hydroxylamine groups is 1. The van der Waals surface area contributed by atoms with Crippen LogP contribution in [0.25, 0.3) is 10.8 Å². The molecule has 27 heavy (non-hydrogen) atoms. The van der Waals surface area contributed by atoms with Gasteiger partial charge in [0, 0.05) is 16.7 Å². The van der Waals surface area contributed by atoms with E-state index in [0.717, 1.165) is 22.4 Å². The number of hydrogen-bond acceptors (Lipinski definition) is 3. The van der Waals surface area contributed by atoms with Gasteiger partial charge in [0.25, 0.3) is 0 Å². The van der Waals surface area contributed by atoms with Gasteiger partial charge in [0.15, 0.2) is 6.23 Å². The summed E-state index contributed by atoms with van der Waals surface area (Å²) in [4.78, 5) is 6.63. The lowest BCUT2D eigenvalue weighted by molar-refractivity contribution is -0.147. The lowest BCUT2D eigenvalue weighted by atomic mass is 9.88. The fourth-order valence-corrected chi connectivity index (χ4v) is 4.26. The molecule has 2 bridgehead atoms. The smallest absolute Gasteiger partial charge is 0.249 e. The van der Waals surface area contributed by atoms with E-state index in [2.05, 4.69) is 48.5 Å². The number of benzene rings is 4. The van der Waals surface area contributed by atoms with Gasteiger partial charge in [-0.05, 0) is 22.9 Å². The zero-order chi connectivity index (χ0) is 17.8. The predicted molar refractivity (Wildman–Crippen MR) is 105 cm³/mol. The molecule has 2 aliphatic heterocycles. The molecule has 0 radical (unpaired) electrons. The van der Waals surface area contributed by atoms with Gasteiger partial charge in [0.2, 0.25) is 5.79 Å². The molecule has 0 spiro atoms. The first-order valence-electron chi connectivity index (χ1n) is 9.16. The Balaban J connectivity index is 1.67. The summed E-state index contributed by atoms with van der Waals surface area (Å²) in [6.45, 7) is 0. The van der Waals surface area contributed by atoms with Crippen LogP contribution in [0.15, 0.2) is 97.1 Å². The van der Waals surface area contributed by atoms with E-state index in [-0.39, 0.29) is 6.23 Å². The van der Waals surface area contributed by atoms with Crippen LogP contribution in [-0.4, -0.2) is 0 Å². The predicted octanol–water partition coefficient (Wildman–Crippen LogP) is 5.52. The highest BCUT2D eigenvalue weighted by Gasteiger charge is 2.54. The molecule has 4 aromatic carbocycles. The first-order chi connectivity index (χ1) is 13.4. The molecule has 1 fully saturated rings. The number of nitrogens with zero attached hydrogens (tertiary/aromatic N) is 1. The van der Waals surface area contributed by atoms with Gasteiger partial charge in [0.05, 0.1) is 5.69 Å². The van der Waals surface area contributed by atoms with Crippen LogP contribution in [0.1, 0.15) is 22.9 Å². The standard InChI is InChI=1S/C24H17NO2/c1-3-11-18(12-4-1)24-21-16-8-10-17-9-7-15-20(22(17)21)23(26-24)25(27-24)19-13-5-2-6-14-19/h1-16,23H. The Morgan fingerprint density at radius 3 is 2.19 bits per heavy atom. The maximum Gasteiger partial charge on any atom is 0.249 e. The van der Waals surface area contributed by atoms with E-state index in [9.17, 15) is 0 Å². The fraction of sp³-hybridized carbons (Fsp3) is 0.0833. The van der Waals surface area contributed by atoms with Gasteiger partial charge in [-0.3, -0.25) is 0 Å². The summed E-state index contributed by atoms with van der Waals surface area (Å²) in [6, 6.07) is 33.1. The summed E-state index contributed by atoms with van der Waals surface area (Å²) in [6.07, 6.45) is -0.300. The maximum atomic E-state index is 6.66. The number of anilines is 1. The largest absolute Gasteiger partial charge is 0.310 e. The minimum absolute atomic E-state index is 0.300. The molecule has 2 heterocycles. The Morgan fingerprint density at radius 2 is 1.41 bits per heavy atom. The molecule has 2 atom stereocenters. The summed E-state index contributed by atoms with van der Waals surface area (Å²) in [7, 11) is 0. The average Bonchev–Trinajstić information content (AvgIpc) is 3.11. The van der Waals surface area contributed by atoms with Crippen molar-refractivity contribution in [3.8, 4) is 0 Å². The van der Waals surface area contributed by atoms with Gasteiger partial charge in [-0.15, -0.1) is 0 Å². The summed E-state index contributed by atoms with van der Waals surface area (Å²) >= 11 is 0.